The van der Waals surface area contributed by atoms with Gasteiger partial charge in [0, 0.05) is 11.7 Å². The molecule has 1 unspecified atom stereocenters. The van der Waals surface area contributed by atoms with Crippen molar-refractivity contribution in [2.75, 3.05) is 0 Å². The van der Waals surface area contributed by atoms with Crippen molar-refractivity contribution in [2.24, 2.45) is 5.73 Å². The van der Waals surface area contributed by atoms with Crippen LogP contribution in [0.4, 0.5) is 0 Å². The van der Waals surface area contributed by atoms with Crippen molar-refractivity contribution in [3.63, 3.8) is 0 Å². The van der Waals surface area contributed by atoms with E-state index in [1.54, 1.807) is 6.07 Å². The summed E-state index contributed by atoms with van der Waals surface area (Å²) in [6.45, 7) is 0. The van der Waals surface area contributed by atoms with Crippen LogP contribution in [0.1, 0.15) is 30.1 Å². The fraction of sp³-hybridized carbons (Fsp3) is 0.444. The predicted molar refractivity (Wildman–Crippen MR) is 63.0 cm³/mol. The zero-order valence-electron chi connectivity index (χ0n) is 8.54. The van der Waals surface area contributed by atoms with Crippen molar-refractivity contribution < 1.29 is 14.4 Å². The van der Waals surface area contributed by atoms with Gasteiger partial charge in [-0.3, -0.25) is 4.57 Å². The first-order valence-corrected chi connectivity index (χ1v) is 6.41. The van der Waals surface area contributed by atoms with Gasteiger partial charge in [0.25, 0.3) is 0 Å². The number of aryl methyl sites for hydroxylation is 1. The second-order valence-electron chi connectivity index (χ2n) is 3.75. The van der Waals surface area contributed by atoms with E-state index in [0.717, 1.165) is 30.5 Å². The monoisotopic (exact) mass is 264 g/mol. The fourth-order valence-electron chi connectivity index (χ4n) is 1.85. The molecule has 0 bridgehead atoms. The Bertz CT molecular complexity index is 435. The standard InChI is InChI=1S/C9H13N2O3P.ClH/c10-7-2-1-3-8-6(7)4-5-9(11-8)15(12,13)14;/h4-5,7H,1-3,10H2,(H2,12,13,14);1H. The Morgan fingerprint density at radius 1 is 1.44 bits per heavy atom. The van der Waals surface area contributed by atoms with Gasteiger partial charge < -0.3 is 15.5 Å². The minimum atomic E-state index is -4.24. The number of nitrogens with two attached hydrogens (primary N) is 1. The molecule has 1 atom stereocenters. The lowest BCUT2D eigenvalue weighted by Crippen LogP contribution is -2.22. The molecule has 1 aromatic heterocycles. The number of aromatic nitrogens is 1. The highest BCUT2D eigenvalue weighted by atomic mass is 35.5. The van der Waals surface area contributed by atoms with Crippen LogP contribution in [0.3, 0.4) is 0 Å². The van der Waals surface area contributed by atoms with E-state index in [4.69, 9.17) is 15.5 Å². The van der Waals surface area contributed by atoms with Gasteiger partial charge in [-0.05, 0) is 30.9 Å². The number of fused-ring (bicyclic) bond motifs is 1. The van der Waals surface area contributed by atoms with E-state index >= 15 is 0 Å². The summed E-state index contributed by atoms with van der Waals surface area (Å²) in [5, 5.41) is 0. The van der Waals surface area contributed by atoms with Crippen LogP contribution in [-0.4, -0.2) is 14.8 Å². The van der Waals surface area contributed by atoms with Crippen LogP contribution in [0.2, 0.25) is 0 Å². The Balaban J connectivity index is 0.00000128. The van der Waals surface area contributed by atoms with Crippen LogP contribution < -0.4 is 11.2 Å². The molecule has 0 saturated carbocycles. The molecule has 2 rings (SSSR count). The SMILES string of the molecule is Cl.NC1CCCc2nc(P(=O)(O)O)ccc21. The summed E-state index contributed by atoms with van der Waals surface area (Å²) in [4.78, 5) is 21.9. The lowest BCUT2D eigenvalue weighted by atomic mass is 9.92. The molecule has 1 aliphatic rings. The molecule has 5 nitrogen and oxygen atoms in total. The Labute approximate surface area is 99.6 Å². The molecule has 1 aliphatic carbocycles. The Morgan fingerprint density at radius 3 is 2.75 bits per heavy atom. The molecular weight excluding hydrogens is 251 g/mol. The number of hydrogen-bond donors (Lipinski definition) is 3. The molecule has 0 aromatic carbocycles. The molecule has 0 amide bonds. The summed E-state index contributed by atoms with van der Waals surface area (Å²) >= 11 is 0. The topological polar surface area (TPSA) is 96.4 Å². The second kappa shape index (κ2) is 4.82. The van der Waals surface area contributed by atoms with E-state index in [1.807, 2.05) is 0 Å². The van der Waals surface area contributed by atoms with E-state index < -0.39 is 7.60 Å². The Hall–Kier alpha value is -0.450. The largest absolute Gasteiger partial charge is 0.374 e. The number of halogens is 1. The molecule has 0 spiro atoms. The maximum Gasteiger partial charge on any atom is 0.374 e. The zero-order chi connectivity index (χ0) is 11.1. The molecule has 0 saturated heterocycles. The van der Waals surface area contributed by atoms with Crippen molar-refractivity contribution in [3.05, 3.63) is 23.4 Å². The average Bonchev–Trinajstić information content (AvgIpc) is 2.16. The summed E-state index contributed by atoms with van der Waals surface area (Å²) in [6.07, 6.45) is 2.58. The molecule has 0 aliphatic heterocycles. The zero-order valence-corrected chi connectivity index (χ0v) is 10.2. The minimum absolute atomic E-state index is 0. The number of nitrogens with zero attached hydrogens (tertiary/aromatic N) is 1. The van der Waals surface area contributed by atoms with Crippen LogP contribution in [0.25, 0.3) is 0 Å². The number of rotatable bonds is 1. The molecule has 7 heteroatoms. The Morgan fingerprint density at radius 2 is 2.12 bits per heavy atom. The van der Waals surface area contributed by atoms with E-state index in [-0.39, 0.29) is 23.9 Å². The third-order valence-corrected chi connectivity index (χ3v) is 3.47. The first kappa shape index (κ1) is 13.6. The van der Waals surface area contributed by atoms with E-state index in [1.165, 1.54) is 6.07 Å². The third-order valence-electron chi connectivity index (χ3n) is 2.62. The second-order valence-corrected chi connectivity index (χ2v) is 5.29. The molecule has 90 valence electrons. The lowest BCUT2D eigenvalue weighted by molar-refractivity contribution is 0.386. The Kier molecular flexibility index (Phi) is 4.10. The van der Waals surface area contributed by atoms with Gasteiger partial charge in [0.1, 0.15) is 0 Å². The molecule has 1 aromatic rings. The fourth-order valence-corrected chi connectivity index (χ4v) is 2.37. The molecule has 0 fully saturated rings. The normalized spacial score (nSPS) is 19.8. The van der Waals surface area contributed by atoms with Gasteiger partial charge in [0.05, 0.1) is 0 Å². The van der Waals surface area contributed by atoms with Crippen molar-refractivity contribution in [3.8, 4) is 0 Å². The quantitative estimate of drug-likeness (QED) is 0.647. The molecular formula is C9H14ClN2O3P. The average molecular weight is 265 g/mol. The van der Waals surface area contributed by atoms with Gasteiger partial charge in [-0.2, -0.15) is 0 Å². The lowest BCUT2D eigenvalue weighted by Gasteiger charge is -2.21. The van der Waals surface area contributed by atoms with Gasteiger partial charge in [0.2, 0.25) is 0 Å². The van der Waals surface area contributed by atoms with Crippen molar-refractivity contribution >= 4 is 25.4 Å². The highest BCUT2D eigenvalue weighted by molar-refractivity contribution is 7.60. The van der Waals surface area contributed by atoms with Gasteiger partial charge in [-0.25, -0.2) is 4.98 Å². The minimum Gasteiger partial charge on any atom is -0.324 e. The molecule has 16 heavy (non-hydrogen) atoms. The van der Waals surface area contributed by atoms with Gasteiger partial charge >= 0.3 is 7.60 Å². The van der Waals surface area contributed by atoms with Gasteiger partial charge in [-0.1, -0.05) is 6.07 Å². The van der Waals surface area contributed by atoms with Crippen molar-refractivity contribution in [1.29, 1.82) is 0 Å². The summed E-state index contributed by atoms with van der Waals surface area (Å²) in [6, 6.07) is 3.00. The van der Waals surface area contributed by atoms with Crippen molar-refractivity contribution in [2.45, 2.75) is 25.3 Å². The number of hydrogen-bond acceptors (Lipinski definition) is 3. The maximum absolute atomic E-state index is 11.0. The van der Waals surface area contributed by atoms with Crippen LogP contribution in [0.5, 0.6) is 0 Å². The molecule has 1 heterocycles. The van der Waals surface area contributed by atoms with E-state index in [2.05, 4.69) is 4.98 Å². The van der Waals surface area contributed by atoms with Gasteiger partial charge in [-0.15, -0.1) is 12.4 Å². The first-order valence-electron chi connectivity index (χ1n) is 4.80. The highest BCUT2D eigenvalue weighted by Gasteiger charge is 2.23. The first-order chi connectivity index (χ1) is 6.98. The van der Waals surface area contributed by atoms with E-state index in [0.29, 0.717) is 0 Å². The summed E-state index contributed by atoms with van der Waals surface area (Å²) in [7, 11) is -4.24. The third kappa shape index (κ3) is 2.62. The summed E-state index contributed by atoms with van der Waals surface area (Å²) in [5.41, 5.74) is 7.36. The summed E-state index contributed by atoms with van der Waals surface area (Å²) < 4.78 is 11.0. The summed E-state index contributed by atoms with van der Waals surface area (Å²) in [5.74, 6) is 0. The van der Waals surface area contributed by atoms with Gasteiger partial charge in [0.15, 0.2) is 5.44 Å². The maximum atomic E-state index is 11.0. The highest BCUT2D eigenvalue weighted by Crippen LogP contribution is 2.34. The molecule has 0 radical (unpaired) electrons. The van der Waals surface area contributed by atoms with Crippen LogP contribution in [-0.2, 0) is 11.0 Å². The smallest absolute Gasteiger partial charge is 0.324 e. The number of pyridine rings is 1. The van der Waals surface area contributed by atoms with Crippen molar-refractivity contribution in [1.82, 2.24) is 4.98 Å². The van der Waals surface area contributed by atoms with Crippen LogP contribution in [0, 0.1) is 0 Å². The van der Waals surface area contributed by atoms with Crippen LogP contribution >= 0.6 is 20.0 Å². The van der Waals surface area contributed by atoms with Crippen LogP contribution in [0.15, 0.2) is 12.1 Å². The predicted octanol–water partition coefficient (Wildman–Crippen LogP) is 0.643. The van der Waals surface area contributed by atoms with E-state index in [9.17, 15) is 4.57 Å². The molecule has 4 N–H and O–H groups in total.